The molecule has 0 aromatic heterocycles. The van der Waals surface area contributed by atoms with Gasteiger partial charge in [0.2, 0.25) is 0 Å². The van der Waals surface area contributed by atoms with Gasteiger partial charge in [-0.25, -0.2) is 0 Å². The van der Waals surface area contributed by atoms with Crippen molar-refractivity contribution in [1.29, 1.82) is 0 Å². The topological polar surface area (TPSA) is 79.2 Å². The Labute approximate surface area is 89.6 Å². The van der Waals surface area contributed by atoms with Crippen molar-refractivity contribution in [3.05, 3.63) is 0 Å². The first-order valence-electron chi connectivity index (χ1n) is 5.10. The highest BCUT2D eigenvalue weighted by atomic mass is 16.7. The van der Waals surface area contributed by atoms with E-state index in [9.17, 15) is 15.3 Å². The Balaban J connectivity index is 2.67. The molecule has 0 saturated carbocycles. The van der Waals surface area contributed by atoms with E-state index in [-0.39, 0.29) is 0 Å². The van der Waals surface area contributed by atoms with Gasteiger partial charge in [-0.3, -0.25) is 0 Å². The first-order valence-corrected chi connectivity index (χ1v) is 5.10. The van der Waals surface area contributed by atoms with E-state index in [1.165, 1.54) is 0 Å². The van der Waals surface area contributed by atoms with E-state index in [1.54, 1.807) is 6.92 Å². The molecule has 5 atom stereocenters. The van der Waals surface area contributed by atoms with Crippen LogP contribution in [0, 0.1) is 0 Å². The predicted molar refractivity (Wildman–Crippen MR) is 53.2 cm³/mol. The Morgan fingerprint density at radius 2 is 1.53 bits per heavy atom. The molecule has 1 fully saturated rings. The molecule has 1 rings (SSSR count). The summed E-state index contributed by atoms with van der Waals surface area (Å²) in [6, 6.07) is 0. The minimum absolute atomic E-state index is 0.479. The third kappa shape index (κ3) is 3.12. The molecule has 15 heavy (non-hydrogen) atoms. The predicted octanol–water partition coefficient (Wildman–Crippen LogP) is -0.371. The maximum absolute atomic E-state index is 9.63. The fraction of sp³-hybridized carbons (Fsp3) is 1.00. The molecule has 0 amide bonds. The summed E-state index contributed by atoms with van der Waals surface area (Å²) < 4.78 is 10.7. The van der Waals surface area contributed by atoms with Gasteiger partial charge in [0.15, 0.2) is 6.29 Å². The van der Waals surface area contributed by atoms with Crippen molar-refractivity contribution in [2.45, 2.75) is 64.0 Å². The number of rotatable bonds is 1. The van der Waals surface area contributed by atoms with Gasteiger partial charge in [-0.15, -0.1) is 0 Å². The molecule has 5 nitrogen and oxygen atoms in total. The van der Waals surface area contributed by atoms with Gasteiger partial charge < -0.3 is 24.8 Å². The molecule has 0 bridgehead atoms. The molecule has 5 heteroatoms. The molecule has 0 radical (unpaired) electrons. The second-order valence-corrected chi connectivity index (χ2v) is 4.91. The number of aliphatic hydroxyl groups is 3. The maximum atomic E-state index is 9.63. The monoisotopic (exact) mass is 220 g/mol. The molecule has 0 aliphatic carbocycles. The van der Waals surface area contributed by atoms with E-state index in [0.29, 0.717) is 0 Å². The van der Waals surface area contributed by atoms with Gasteiger partial charge in [0.05, 0.1) is 11.7 Å². The SMILES string of the molecule is C[C@@H]1O[C@@H](OC(C)(C)C)[C@H](O)[C@H](O)[C@H]1O. The quantitative estimate of drug-likeness (QED) is 0.562. The maximum Gasteiger partial charge on any atom is 0.187 e. The van der Waals surface area contributed by atoms with Crippen LogP contribution in [0.1, 0.15) is 27.7 Å². The molecule has 1 heterocycles. The van der Waals surface area contributed by atoms with Gasteiger partial charge in [0.25, 0.3) is 0 Å². The smallest absolute Gasteiger partial charge is 0.187 e. The molecular formula is C10H20O5. The summed E-state index contributed by atoms with van der Waals surface area (Å²) in [5.74, 6) is 0. The molecular weight excluding hydrogens is 200 g/mol. The minimum atomic E-state index is -1.24. The largest absolute Gasteiger partial charge is 0.388 e. The van der Waals surface area contributed by atoms with Crippen LogP contribution in [0.5, 0.6) is 0 Å². The zero-order valence-electron chi connectivity index (χ0n) is 9.54. The average Bonchev–Trinajstić information content (AvgIpc) is 2.08. The number of hydrogen-bond donors (Lipinski definition) is 3. The summed E-state index contributed by atoms with van der Waals surface area (Å²) >= 11 is 0. The molecule has 0 unspecified atom stereocenters. The fourth-order valence-electron chi connectivity index (χ4n) is 1.46. The van der Waals surface area contributed by atoms with Crippen molar-refractivity contribution in [2.75, 3.05) is 0 Å². The van der Waals surface area contributed by atoms with Gasteiger partial charge in [0.1, 0.15) is 18.3 Å². The van der Waals surface area contributed by atoms with E-state index < -0.39 is 36.3 Å². The summed E-state index contributed by atoms with van der Waals surface area (Å²) in [5, 5.41) is 28.6. The van der Waals surface area contributed by atoms with Crippen LogP contribution in [0.25, 0.3) is 0 Å². The van der Waals surface area contributed by atoms with Crippen molar-refractivity contribution in [3.8, 4) is 0 Å². The first kappa shape index (κ1) is 12.9. The second kappa shape index (κ2) is 4.35. The molecule has 1 aliphatic heterocycles. The van der Waals surface area contributed by atoms with Gasteiger partial charge in [0, 0.05) is 0 Å². The van der Waals surface area contributed by atoms with Crippen molar-refractivity contribution in [3.63, 3.8) is 0 Å². The minimum Gasteiger partial charge on any atom is -0.388 e. The Hall–Kier alpha value is -0.200. The van der Waals surface area contributed by atoms with Crippen LogP contribution in [0.15, 0.2) is 0 Å². The Kier molecular flexibility index (Phi) is 3.73. The van der Waals surface area contributed by atoms with Gasteiger partial charge >= 0.3 is 0 Å². The normalized spacial score (nSPS) is 43.0. The summed E-state index contributed by atoms with van der Waals surface area (Å²) in [6.07, 6.45) is -5.01. The number of aliphatic hydroxyl groups excluding tert-OH is 3. The van der Waals surface area contributed by atoms with Crippen LogP contribution in [0.2, 0.25) is 0 Å². The molecule has 3 N–H and O–H groups in total. The Bertz CT molecular complexity index is 212. The van der Waals surface area contributed by atoms with Crippen LogP contribution in [0.3, 0.4) is 0 Å². The second-order valence-electron chi connectivity index (χ2n) is 4.91. The summed E-state index contributed by atoms with van der Waals surface area (Å²) in [6.45, 7) is 7.10. The fourth-order valence-corrected chi connectivity index (χ4v) is 1.46. The van der Waals surface area contributed by atoms with Crippen LogP contribution < -0.4 is 0 Å². The summed E-state index contributed by atoms with van der Waals surface area (Å²) in [7, 11) is 0. The van der Waals surface area contributed by atoms with Crippen LogP contribution in [-0.2, 0) is 9.47 Å². The van der Waals surface area contributed by atoms with Crippen molar-refractivity contribution < 1.29 is 24.8 Å². The van der Waals surface area contributed by atoms with E-state index >= 15 is 0 Å². The number of ether oxygens (including phenoxy) is 2. The molecule has 0 aromatic rings. The molecule has 1 saturated heterocycles. The van der Waals surface area contributed by atoms with Crippen LogP contribution >= 0.6 is 0 Å². The van der Waals surface area contributed by atoms with Crippen LogP contribution in [-0.4, -0.2) is 51.6 Å². The van der Waals surface area contributed by atoms with Gasteiger partial charge in [-0.1, -0.05) is 0 Å². The van der Waals surface area contributed by atoms with E-state index in [2.05, 4.69) is 0 Å². The molecule has 0 spiro atoms. The van der Waals surface area contributed by atoms with E-state index in [1.807, 2.05) is 20.8 Å². The lowest BCUT2D eigenvalue weighted by atomic mass is 10.00. The zero-order valence-corrected chi connectivity index (χ0v) is 9.54. The lowest BCUT2D eigenvalue weighted by Crippen LogP contribution is -2.58. The molecule has 0 aromatic carbocycles. The molecule has 90 valence electrons. The highest BCUT2D eigenvalue weighted by Crippen LogP contribution is 2.25. The average molecular weight is 220 g/mol. The molecule has 1 aliphatic rings. The van der Waals surface area contributed by atoms with Crippen molar-refractivity contribution in [1.82, 2.24) is 0 Å². The Morgan fingerprint density at radius 3 is 2.00 bits per heavy atom. The first-order chi connectivity index (χ1) is 6.72. The Morgan fingerprint density at radius 1 is 1.00 bits per heavy atom. The highest BCUT2D eigenvalue weighted by molar-refractivity contribution is 4.87. The van der Waals surface area contributed by atoms with E-state index in [0.717, 1.165) is 0 Å². The van der Waals surface area contributed by atoms with Gasteiger partial charge in [-0.05, 0) is 27.7 Å². The zero-order chi connectivity index (χ0) is 11.8. The van der Waals surface area contributed by atoms with Crippen molar-refractivity contribution in [2.24, 2.45) is 0 Å². The summed E-state index contributed by atoms with van der Waals surface area (Å²) in [5.41, 5.74) is -0.479. The van der Waals surface area contributed by atoms with Crippen molar-refractivity contribution >= 4 is 0 Å². The van der Waals surface area contributed by atoms with Crippen LogP contribution in [0.4, 0.5) is 0 Å². The summed E-state index contributed by atoms with van der Waals surface area (Å²) in [4.78, 5) is 0. The highest BCUT2D eigenvalue weighted by Gasteiger charge is 2.43. The lowest BCUT2D eigenvalue weighted by Gasteiger charge is -2.41. The standard InChI is InChI=1S/C10H20O5/c1-5-6(11)7(12)8(13)9(14-5)15-10(2,3)4/h5-9,11-13H,1-4H3/t5-,6-,7+,8+,9-/m0/s1. The third-order valence-electron chi connectivity index (χ3n) is 2.28. The lowest BCUT2D eigenvalue weighted by molar-refractivity contribution is -0.314. The van der Waals surface area contributed by atoms with E-state index in [4.69, 9.17) is 9.47 Å². The van der Waals surface area contributed by atoms with Gasteiger partial charge in [-0.2, -0.15) is 0 Å². The number of hydrogen-bond acceptors (Lipinski definition) is 5. The third-order valence-corrected chi connectivity index (χ3v) is 2.28.